The Hall–Kier alpha value is -1.32. The molecule has 0 radical (unpaired) electrons. The third-order valence-electron chi connectivity index (χ3n) is 3.60. The Morgan fingerprint density at radius 2 is 2.11 bits per heavy atom. The summed E-state index contributed by atoms with van der Waals surface area (Å²) >= 11 is 0. The van der Waals surface area contributed by atoms with Crippen molar-refractivity contribution in [2.24, 2.45) is 5.92 Å². The minimum Gasteiger partial charge on any atom is -0.363 e. The number of hydrogen-bond acceptors (Lipinski definition) is 3. The average Bonchev–Trinajstić information content (AvgIpc) is 2.65. The highest BCUT2D eigenvalue weighted by molar-refractivity contribution is 5.33. The lowest BCUT2D eigenvalue weighted by Crippen LogP contribution is -2.36. The van der Waals surface area contributed by atoms with Crippen LogP contribution >= 0.6 is 0 Å². The summed E-state index contributed by atoms with van der Waals surface area (Å²) in [6.07, 6.45) is 6.95. The molecule has 0 bridgehead atoms. The van der Waals surface area contributed by atoms with Crippen LogP contribution in [0.2, 0.25) is 0 Å². The predicted molar refractivity (Wildman–Crippen MR) is 73.9 cm³/mol. The summed E-state index contributed by atoms with van der Waals surface area (Å²) in [5.41, 5.74) is -0.232. The van der Waals surface area contributed by atoms with Crippen molar-refractivity contribution in [3.05, 3.63) is 22.7 Å². The Kier molecular flexibility index (Phi) is 3.46. The van der Waals surface area contributed by atoms with E-state index >= 15 is 0 Å². The van der Waals surface area contributed by atoms with E-state index < -0.39 is 0 Å². The summed E-state index contributed by atoms with van der Waals surface area (Å²) in [6, 6.07) is 0.399. The highest BCUT2D eigenvalue weighted by atomic mass is 16.1. The van der Waals surface area contributed by atoms with Crippen molar-refractivity contribution < 1.29 is 0 Å². The van der Waals surface area contributed by atoms with Gasteiger partial charge in [0.1, 0.15) is 0 Å². The summed E-state index contributed by atoms with van der Waals surface area (Å²) in [6.45, 7) is 8.33. The van der Waals surface area contributed by atoms with Crippen LogP contribution in [0.5, 0.6) is 0 Å². The third-order valence-corrected chi connectivity index (χ3v) is 3.60. The van der Waals surface area contributed by atoms with Crippen molar-refractivity contribution in [3.8, 4) is 0 Å². The normalized spacial score (nSPS) is 24.2. The molecular weight excluding hydrogens is 226 g/mol. The maximum Gasteiger partial charge on any atom is 0.293 e. The molecule has 100 valence electrons. The van der Waals surface area contributed by atoms with E-state index in [2.05, 4.69) is 17.2 Å². The van der Waals surface area contributed by atoms with Crippen LogP contribution in [0.3, 0.4) is 0 Å². The Morgan fingerprint density at radius 3 is 2.67 bits per heavy atom. The molecule has 0 aliphatic heterocycles. The van der Waals surface area contributed by atoms with Crippen LogP contribution in [-0.2, 0) is 5.54 Å². The van der Waals surface area contributed by atoms with Crippen molar-refractivity contribution in [2.75, 3.05) is 5.32 Å². The first kappa shape index (κ1) is 13.1. The van der Waals surface area contributed by atoms with Gasteiger partial charge in [-0.15, -0.1) is 0 Å². The zero-order valence-corrected chi connectivity index (χ0v) is 11.7. The van der Waals surface area contributed by atoms with E-state index in [1.807, 2.05) is 20.8 Å². The van der Waals surface area contributed by atoms with E-state index in [0.29, 0.717) is 11.9 Å². The fraction of sp³-hybridized carbons (Fsp3) is 0.714. The number of aromatic nitrogens is 2. The first-order chi connectivity index (χ1) is 8.38. The minimum absolute atomic E-state index is 0.0236. The summed E-state index contributed by atoms with van der Waals surface area (Å²) in [4.78, 5) is 16.5. The Labute approximate surface area is 108 Å². The molecule has 1 aliphatic rings. The van der Waals surface area contributed by atoms with E-state index in [4.69, 9.17) is 0 Å². The summed E-state index contributed by atoms with van der Waals surface area (Å²) in [5, 5.41) is 3.31. The van der Waals surface area contributed by atoms with Crippen molar-refractivity contribution in [1.82, 2.24) is 9.55 Å². The zero-order valence-electron chi connectivity index (χ0n) is 11.7. The van der Waals surface area contributed by atoms with Crippen molar-refractivity contribution in [3.63, 3.8) is 0 Å². The minimum atomic E-state index is -0.209. The fourth-order valence-corrected chi connectivity index (χ4v) is 2.57. The van der Waals surface area contributed by atoms with Gasteiger partial charge in [0.05, 0.1) is 0 Å². The molecule has 1 aromatic heterocycles. The van der Waals surface area contributed by atoms with Gasteiger partial charge < -0.3 is 9.88 Å². The molecule has 1 saturated carbocycles. The molecule has 4 heteroatoms. The molecule has 1 N–H and O–H groups in total. The fourth-order valence-electron chi connectivity index (χ4n) is 2.57. The lowest BCUT2D eigenvalue weighted by atomic mass is 10.1. The van der Waals surface area contributed by atoms with Gasteiger partial charge in [0.2, 0.25) is 0 Å². The topological polar surface area (TPSA) is 46.9 Å². The molecule has 1 heterocycles. The van der Waals surface area contributed by atoms with Crippen LogP contribution in [-0.4, -0.2) is 15.6 Å². The molecule has 2 atom stereocenters. The van der Waals surface area contributed by atoms with E-state index in [0.717, 1.165) is 18.8 Å². The lowest BCUT2D eigenvalue weighted by molar-refractivity contribution is 0.383. The molecule has 0 amide bonds. The highest BCUT2D eigenvalue weighted by Crippen LogP contribution is 2.26. The maximum atomic E-state index is 12.3. The van der Waals surface area contributed by atoms with Gasteiger partial charge in [-0.3, -0.25) is 4.79 Å². The van der Waals surface area contributed by atoms with Gasteiger partial charge >= 0.3 is 0 Å². The Balaban J connectivity index is 2.22. The molecular formula is C14H23N3O. The van der Waals surface area contributed by atoms with Gasteiger partial charge in [0.15, 0.2) is 5.82 Å². The number of nitrogens with zero attached hydrogens (tertiary/aromatic N) is 2. The lowest BCUT2D eigenvalue weighted by Gasteiger charge is -2.23. The molecule has 18 heavy (non-hydrogen) atoms. The highest BCUT2D eigenvalue weighted by Gasteiger charge is 2.23. The van der Waals surface area contributed by atoms with Crippen LogP contribution in [0.4, 0.5) is 5.82 Å². The van der Waals surface area contributed by atoms with Crippen LogP contribution in [0.1, 0.15) is 47.0 Å². The zero-order chi connectivity index (χ0) is 13.3. The van der Waals surface area contributed by atoms with Crippen molar-refractivity contribution in [1.29, 1.82) is 0 Å². The summed E-state index contributed by atoms with van der Waals surface area (Å²) < 4.78 is 1.74. The summed E-state index contributed by atoms with van der Waals surface area (Å²) in [7, 11) is 0. The second kappa shape index (κ2) is 4.75. The van der Waals surface area contributed by atoms with Crippen LogP contribution < -0.4 is 10.9 Å². The van der Waals surface area contributed by atoms with Gasteiger partial charge in [0.25, 0.3) is 5.56 Å². The maximum absolute atomic E-state index is 12.3. The van der Waals surface area contributed by atoms with Gasteiger partial charge in [0, 0.05) is 24.0 Å². The van der Waals surface area contributed by atoms with Crippen molar-refractivity contribution in [2.45, 2.75) is 58.5 Å². The molecule has 2 unspecified atom stereocenters. The van der Waals surface area contributed by atoms with Gasteiger partial charge in [-0.25, -0.2) is 4.98 Å². The standard InChI is InChI=1S/C14H23N3O/c1-10-5-6-11(9-10)16-12-13(18)17(8-7-15-12)14(2,3)4/h7-8,10-11H,5-6,9H2,1-4H3,(H,15,16). The number of hydrogen-bond donors (Lipinski definition) is 1. The third kappa shape index (κ3) is 2.74. The summed E-state index contributed by atoms with van der Waals surface area (Å²) in [5.74, 6) is 1.24. The van der Waals surface area contributed by atoms with Gasteiger partial charge in [-0.2, -0.15) is 0 Å². The van der Waals surface area contributed by atoms with Crippen LogP contribution in [0.15, 0.2) is 17.2 Å². The molecule has 1 aromatic rings. The first-order valence-electron chi connectivity index (χ1n) is 6.72. The second-order valence-corrected chi connectivity index (χ2v) is 6.38. The Bertz CT molecular complexity index is 473. The monoisotopic (exact) mass is 249 g/mol. The van der Waals surface area contributed by atoms with E-state index in [1.54, 1.807) is 17.0 Å². The largest absolute Gasteiger partial charge is 0.363 e. The van der Waals surface area contributed by atoms with E-state index in [9.17, 15) is 4.79 Å². The quantitative estimate of drug-likeness (QED) is 0.876. The molecule has 0 saturated heterocycles. The predicted octanol–water partition coefficient (Wildman–Crippen LogP) is 2.60. The smallest absolute Gasteiger partial charge is 0.293 e. The van der Waals surface area contributed by atoms with E-state index in [1.165, 1.54) is 6.42 Å². The Morgan fingerprint density at radius 1 is 1.39 bits per heavy atom. The second-order valence-electron chi connectivity index (χ2n) is 6.38. The molecule has 1 aliphatic carbocycles. The number of nitrogens with one attached hydrogen (secondary N) is 1. The molecule has 1 fully saturated rings. The SMILES string of the molecule is CC1CCC(Nc2nccn(C(C)(C)C)c2=O)C1. The molecule has 0 aromatic carbocycles. The molecule has 2 rings (SSSR count). The number of rotatable bonds is 2. The van der Waals surface area contributed by atoms with Crippen molar-refractivity contribution >= 4 is 5.82 Å². The molecule has 0 spiro atoms. The number of anilines is 1. The van der Waals surface area contributed by atoms with Gasteiger partial charge in [-0.1, -0.05) is 6.92 Å². The molecule has 4 nitrogen and oxygen atoms in total. The first-order valence-corrected chi connectivity index (χ1v) is 6.72. The van der Waals surface area contributed by atoms with Gasteiger partial charge in [-0.05, 0) is 46.0 Å². The average molecular weight is 249 g/mol. The van der Waals surface area contributed by atoms with Crippen LogP contribution in [0.25, 0.3) is 0 Å². The van der Waals surface area contributed by atoms with Crippen LogP contribution in [0, 0.1) is 5.92 Å². The van der Waals surface area contributed by atoms with E-state index in [-0.39, 0.29) is 11.1 Å².